The molecule has 26 heavy (non-hydrogen) atoms. The van der Waals surface area contributed by atoms with Crippen LogP contribution >= 0.6 is 0 Å². The normalized spacial score (nSPS) is 19.4. The highest BCUT2D eigenvalue weighted by Crippen LogP contribution is 2.17. The van der Waals surface area contributed by atoms with E-state index in [1.807, 2.05) is 6.08 Å². The number of allylic oxidation sites excluding steroid dienone is 1. The minimum Gasteiger partial charge on any atom is -0.342 e. The van der Waals surface area contributed by atoms with Crippen molar-refractivity contribution in [3.05, 3.63) is 60.7 Å². The second-order valence-electron chi connectivity index (χ2n) is 6.16. The van der Waals surface area contributed by atoms with Crippen LogP contribution in [0.2, 0.25) is 0 Å². The van der Waals surface area contributed by atoms with Gasteiger partial charge in [0.15, 0.2) is 5.82 Å². The summed E-state index contributed by atoms with van der Waals surface area (Å²) in [6, 6.07) is 6.06. The molecule has 0 amide bonds. The Balaban J connectivity index is 1.52. The molecule has 0 N–H and O–H groups in total. The fourth-order valence-corrected chi connectivity index (χ4v) is 2.63. The predicted molar refractivity (Wildman–Crippen MR) is 97.5 cm³/mol. The van der Waals surface area contributed by atoms with E-state index < -0.39 is 6.29 Å². The molecule has 0 atom stereocenters. The average molecular weight is 352 g/mol. The van der Waals surface area contributed by atoms with E-state index in [-0.39, 0.29) is 5.82 Å². The molecule has 0 radical (unpaired) electrons. The van der Waals surface area contributed by atoms with Gasteiger partial charge in [0.05, 0.1) is 18.8 Å². The molecular formula is C21H21FN2O2. The number of benzene rings is 1. The van der Waals surface area contributed by atoms with Gasteiger partial charge in [-0.3, -0.25) is 0 Å². The van der Waals surface area contributed by atoms with Gasteiger partial charge in [0.2, 0.25) is 6.29 Å². The zero-order valence-corrected chi connectivity index (χ0v) is 14.5. The van der Waals surface area contributed by atoms with Crippen LogP contribution in [-0.4, -0.2) is 29.5 Å². The molecule has 1 saturated heterocycles. The van der Waals surface area contributed by atoms with Crippen molar-refractivity contribution in [1.82, 2.24) is 9.97 Å². The number of halogens is 1. The van der Waals surface area contributed by atoms with Crippen LogP contribution in [0.4, 0.5) is 4.39 Å². The van der Waals surface area contributed by atoms with Crippen molar-refractivity contribution < 1.29 is 13.9 Å². The molecular weight excluding hydrogens is 331 g/mol. The summed E-state index contributed by atoms with van der Waals surface area (Å²) in [5.41, 5.74) is 1.43. The van der Waals surface area contributed by atoms with Gasteiger partial charge in [-0.2, -0.15) is 0 Å². The Bertz CT molecular complexity index is 770. The Hall–Kier alpha value is -2.55. The van der Waals surface area contributed by atoms with Gasteiger partial charge < -0.3 is 9.47 Å². The topological polar surface area (TPSA) is 44.2 Å². The monoisotopic (exact) mass is 352 g/mol. The fourth-order valence-electron chi connectivity index (χ4n) is 2.63. The van der Waals surface area contributed by atoms with Crippen molar-refractivity contribution in [1.29, 1.82) is 0 Å². The fraction of sp³-hybridized carbons (Fsp3) is 0.333. The third-order valence-electron chi connectivity index (χ3n) is 4.08. The first-order valence-corrected chi connectivity index (χ1v) is 8.68. The molecule has 2 aromatic rings. The molecule has 1 aliphatic rings. The van der Waals surface area contributed by atoms with Crippen LogP contribution in [0.1, 0.15) is 24.8 Å². The number of aromatic nitrogens is 2. The summed E-state index contributed by atoms with van der Waals surface area (Å²) in [6.07, 6.45) is 7.90. The van der Waals surface area contributed by atoms with E-state index in [2.05, 4.69) is 28.4 Å². The highest BCUT2D eigenvalue weighted by molar-refractivity contribution is 5.54. The Morgan fingerprint density at radius 2 is 1.85 bits per heavy atom. The van der Waals surface area contributed by atoms with Gasteiger partial charge in [-0.25, -0.2) is 14.4 Å². The van der Waals surface area contributed by atoms with Crippen molar-refractivity contribution in [3.8, 4) is 23.2 Å². The van der Waals surface area contributed by atoms with Gasteiger partial charge in [-0.05, 0) is 49.4 Å². The number of hydrogen-bond acceptors (Lipinski definition) is 4. The van der Waals surface area contributed by atoms with E-state index in [0.29, 0.717) is 30.5 Å². The number of rotatable bonds is 5. The summed E-state index contributed by atoms with van der Waals surface area (Å²) in [5, 5.41) is 0. The van der Waals surface area contributed by atoms with Crippen molar-refractivity contribution in [2.45, 2.75) is 25.6 Å². The lowest BCUT2D eigenvalue weighted by Crippen LogP contribution is -2.31. The van der Waals surface area contributed by atoms with Crippen LogP contribution in [0.25, 0.3) is 11.4 Å². The van der Waals surface area contributed by atoms with Crippen LogP contribution in [0, 0.1) is 23.6 Å². The second-order valence-corrected chi connectivity index (χ2v) is 6.16. The molecule has 0 bridgehead atoms. The summed E-state index contributed by atoms with van der Waals surface area (Å²) in [7, 11) is 0. The SMILES string of the molecule is C=CCCCC1COC(C#Cc2cnc(-c3ccc(F)cc3)nc2)OC1. The quantitative estimate of drug-likeness (QED) is 0.464. The first-order valence-electron chi connectivity index (χ1n) is 8.68. The lowest BCUT2D eigenvalue weighted by Gasteiger charge is -2.26. The van der Waals surface area contributed by atoms with Crippen molar-refractivity contribution in [2.75, 3.05) is 13.2 Å². The number of unbranched alkanes of at least 4 members (excludes halogenated alkanes) is 1. The lowest BCUT2D eigenvalue weighted by molar-refractivity contribution is -0.170. The molecule has 1 aromatic heterocycles. The van der Waals surface area contributed by atoms with Crippen LogP contribution in [-0.2, 0) is 9.47 Å². The highest BCUT2D eigenvalue weighted by atomic mass is 19.1. The number of nitrogens with zero attached hydrogens (tertiary/aromatic N) is 2. The minimum atomic E-state index is -0.512. The van der Waals surface area contributed by atoms with Gasteiger partial charge in [0, 0.05) is 23.9 Å². The van der Waals surface area contributed by atoms with E-state index in [0.717, 1.165) is 24.8 Å². The van der Waals surface area contributed by atoms with Crippen LogP contribution in [0.15, 0.2) is 49.3 Å². The van der Waals surface area contributed by atoms with Crippen LogP contribution in [0.5, 0.6) is 0 Å². The molecule has 0 unspecified atom stereocenters. The molecule has 2 heterocycles. The molecule has 1 fully saturated rings. The van der Waals surface area contributed by atoms with Gasteiger partial charge >= 0.3 is 0 Å². The molecule has 5 heteroatoms. The number of ether oxygens (including phenoxy) is 2. The van der Waals surface area contributed by atoms with Gasteiger partial charge in [0.1, 0.15) is 5.82 Å². The first-order chi connectivity index (χ1) is 12.7. The van der Waals surface area contributed by atoms with E-state index >= 15 is 0 Å². The zero-order valence-electron chi connectivity index (χ0n) is 14.5. The Morgan fingerprint density at radius 3 is 2.50 bits per heavy atom. The molecule has 0 spiro atoms. The Kier molecular flexibility index (Phi) is 6.48. The molecule has 0 saturated carbocycles. The zero-order chi connectivity index (χ0) is 18.2. The van der Waals surface area contributed by atoms with Gasteiger partial charge in [-0.1, -0.05) is 12.0 Å². The summed E-state index contributed by atoms with van der Waals surface area (Å²) in [6.45, 7) is 5.05. The largest absolute Gasteiger partial charge is 0.342 e. The standard InChI is InChI=1S/C21H21FN2O2/c1-2-3-4-5-17-14-25-20(26-15-17)11-6-16-12-23-21(24-13-16)18-7-9-19(22)10-8-18/h2,7-10,12-13,17,20H,1,3-5,14-15H2. The third-order valence-corrected chi connectivity index (χ3v) is 4.08. The van der Waals surface area contributed by atoms with E-state index in [9.17, 15) is 4.39 Å². The lowest BCUT2D eigenvalue weighted by atomic mass is 10.0. The minimum absolute atomic E-state index is 0.285. The van der Waals surface area contributed by atoms with Gasteiger partial charge in [0.25, 0.3) is 0 Å². The summed E-state index contributed by atoms with van der Waals surface area (Å²) >= 11 is 0. The van der Waals surface area contributed by atoms with Crippen molar-refractivity contribution >= 4 is 0 Å². The van der Waals surface area contributed by atoms with Crippen molar-refractivity contribution in [3.63, 3.8) is 0 Å². The predicted octanol–water partition coefficient (Wildman–Crippen LogP) is 3.98. The molecule has 3 rings (SSSR count). The second kappa shape index (κ2) is 9.23. The van der Waals surface area contributed by atoms with E-state index in [1.165, 1.54) is 12.1 Å². The van der Waals surface area contributed by atoms with Gasteiger partial charge in [-0.15, -0.1) is 6.58 Å². The average Bonchev–Trinajstić information content (AvgIpc) is 2.69. The maximum atomic E-state index is 13.0. The Labute approximate surface area is 153 Å². The molecule has 4 nitrogen and oxygen atoms in total. The van der Waals surface area contributed by atoms with Crippen LogP contribution < -0.4 is 0 Å². The smallest absolute Gasteiger partial charge is 0.222 e. The maximum Gasteiger partial charge on any atom is 0.222 e. The van der Waals surface area contributed by atoms with E-state index in [1.54, 1.807) is 24.5 Å². The molecule has 134 valence electrons. The van der Waals surface area contributed by atoms with Crippen LogP contribution in [0.3, 0.4) is 0 Å². The summed E-state index contributed by atoms with van der Waals surface area (Å²) < 4.78 is 24.3. The number of hydrogen-bond donors (Lipinski definition) is 0. The maximum absolute atomic E-state index is 13.0. The summed E-state index contributed by atoms with van der Waals surface area (Å²) in [5.74, 6) is 6.59. The van der Waals surface area contributed by atoms with E-state index in [4.69, 9.17) is 9.47 Å². The Morgan fingerprint density at radius 1 is 1.15 bits per heavy atom. The first kappa shape index (κ1) is 18.2. The third kappa shape index (κ3) is 5.22. The summed E-state index contributed by atoms with van der Waals surface area (Å²) in [4.78, 5) is 8.54. The van der Waals surface area contributed by atoms with Crippen molar-refractivity contribution in [2.24, 2.45) is 5.92 Å². The molecule has 1 aliphatic heterocycles. The molecule has 1 aromatic carbocycles. The molecule has 0 aliphatic carbocycles. The highest BCUT2D eigenvalue weighted by Gasteiger charge is 2.20.